The highest BCUT2D eigenvalue weighted by Crippen LogP contribution is 2.31. The molecule has 0 saturated carbocycles. The molecule has 0 amide bonds. The minimum absolute atomic E-state index is 0.0412. The molecule has 0 spiro atoms. The third kappa shape index (κ3) is 3.68. The summed E-state index contributed by atoms with van der Waals surface area (Å²) in [5.41, 5.74) is 0.907. The third-order valence-electron chi connectivity index (χ3n) is 3.44. The molecular formula is C17H11Cl2N3O4. The van der Waals surface area contributed by atoms with E-state index in [4.69, 9.17) is 32.5 Å². The first kappa shape index (κ1) is 17.9. The van der Waals surface area contributed by atoms with Gasteiger partial charge in [-0.2, -0.15) is 4.98 Å². The van der Waals surface area contributed by atoms with Gasteiger partial charge in [-0.1, -0.05) is 46.6 Å². The second-order valence-electron chi connectivity index (χ2n) is 5.08. The summed E-state index contributed by atoms with van der Waals surface area (Å²) in [4.78, 5) is 14.6. The molecule has 26 heavy (non-hydrogen) atoms. The zero-order valence-electron chi connectivity index (χ0n) is 13.3. The molecule has 3 aromatic rings. The van der Waals surface area contributed by atoms with Crippen LogP contribution in [0, 0.1) is 10.1 Å². The summed E-state index contributed by atoms with van der Waals surface area (Å²) in [6.45, 7) is 0. The van der Waals surface area contributed by atoms with Crippen molar-refractivity contribution >= 4 is 40.0 Å². The van der Waals surface area contributed by atoms with Crippen molar-refractivity contribution in [1.29, 1.82) is 0 Å². The minimum atomic E-state index is -0.569. The number of methoxy groups -OCH3 is 1. The van der Waals surface area contributed by atoms with E-state index in [9.17, 15) is 10.1 Å². The SMILES string of the molecule is COc1ccccc1-c1noc(/C(Cl)=C/c2ccc(Cl)c([N+](=O)[O-])c2)n1. The predicted octanol–water partition coefficient (Wildman–Crippen LogP) is 5.04. The second kappa shape index (κ2) is 7.55. The summed E-state index contributed by atoms with van der Waals surface area (Å²) in [7, 11) is 1.54. The van der Waals surface area contributed by atoms with Crippen LogP contribution in [-0.2, 0) is 0 Å². The van der Waals surface area contributed by atoms with Gasteiger partial charge in [0.25, 0.3) is 11.6 Å². The normalized spacial score (nSPS) is 11.4. The van der Waals surface area contributed by atoms with Crippen LogP contribution in [0.1, 0.15) is 11.5 Å². The van der Waals surface area contributed by atoms with Crippen LogP contribution < -0.4 is 4.74 Å². The average molecular weight is 392 g/mol. The standard InChI is InChI=1S/C17H11Cl2N3O4/c1-25-15-5-3-2-4-11(15)16-20-17(26-21-16)13(19)8-10-6-7-12(18)14(9-10)22(23)24/h2-9H,1H3/b13-8-. The fourth-order valence-electron chi connectivity index (χ4n) is 2.23. The zero-order valence-corrected chi connectivity index (χ0v) is 14.9. The van der Waals surface area contributed by atoms with Crippen molar-refractivity contribution in [2.45, 2.75) is 0 Å². The molecule has 1 aromatic heterocycles. The highest BCUT2D eigenvalue weighted by atomic mass is 35.5. The lowest BCUT2D eigenvalue weighted by molar-refractivity contribution is -0.384. The van der Waals surface area contributed by atoms with E-state index in [-0.39, 0.29) is 21.6 Å². The van der Waals surface area contributed by atoms with E-state index in [1.165, 1.54) is 18.2 Å². The molecule has 1 heterocycles. The smallest absolute Gasteiger partial charge is 0.288 e. The molecule has 0 aliphatic carbocycles. The first-order chi connectivity index (χ1) is 12.5. The second-order valence-corrected chi connectivity index (χ2v) is 5.90. The molecule has 0 saturated heterocycles. The van der Waals surface area contributed by atoms with Crippen LogP contribution >= 0.6 is 23.2 Å². The number of ether oxygens (including phenoxy) is 1. The molecule has 0 unspecified atom stereocenters. The van der Waals surface area contributed by atoms with Crippen molar-refractivity contribution < 1.29 is 14.2 Å². The summed E-state index contributed by atoms with van der Waals surface area (Å²) in [5, 5.41) is 15.0. The van der Waals surface area contributed by atoms with Crippen LogP contribution in [0.15, 0.2) is 47.0 Å². The minimum Gasteiger partial charge on any atom is -0.496 e. The maximum atomic E-state index is 11.0. The quantitative estimate of drug-likeness (QED) is 0.446. The highest BCUT2D eigenvalue weighted by molar-refractivity contribution is 6.50. The van der Waals surface area contributed by atoms with Gasteiger partial charge in [0.05, 0.1) is 17.6 Å². The van der Waals surface area contributed by atoms with Gasteiger partial charge >= 0.3 is 0 Å². The number of hydrogen-bond donors (Lipinski definition) is 0. The molecule has 0 atom stereocenters. The van der Waals surface area contributed by atoms with E-state index >= 15 is 0 Å². The molecular weight excluding hydrogens is 381 g/mol. The number of rotatable bonds is 5. The fourth-order valence-corrected chi connectivity index (χ4v) is 2.62. The summed E-state index contributed by atoms with van der Waals surface area (Å²) in [6, 6.07) is 11.5. The predicted molar refractivity (Wildman–Crippen MR) is 98.1 cm³/mol. The molecule has 2 aromatic carbocycles. The lowest BCUT2D eigenvalue weighted by Gasteiger charge is -2.02. The van der Waals surface area contributed by atoms with Gasteiger partial charge in [0.1, 0.15) is 15.8 Å². The molecule has 0 radical (unpaired) electrons. The van der Waals surface area contributed by atoms with Crippen LogP contribution in [0.3, 0.4) is 0 Å². The van der Waals surface area contributed by atoms with Crippen molar-refractivity contribution in [2.75, 3.05) is 7.11 Å². The number of nitro groups is 1. The molecule has 0 N–H and O–H groups in total. The van der Waals surface area contributed by atoms with E-state index in [1.54, 1.807) is 25.3 Å². The Bertz CT molecular complexity index is 1000. The zero-order chi connectivity index (χ0) is 18.7. The Morgan fingerprint density at radius 1 is 1.31 bits per heavy atom. The van der Waals surface area contributed by atoms with Gasteiger partial charge in [0.2, 0.25) is 5.82 Å². The number of nitro benzene ring substituents is 1. The van der Waals surface area contributed by atoms with Crippen LogP contribution in [0.4, 0.5) is 5.69 Å². The van der Waals surface area contributed by atoms with Crippen molar-refractivity contribution in [1.82, 2.24) is 10.1 Å². The summed E-state index contributed by atoms with van der Waals surface area (Å²) >= 11 is 12.0. The number of nitrogens with zero attached hydrogens (tertiary/aromatic N) is 3. The Morgan fingerprint density at radius 2 is 2.08 bits per heavy atom. The average Bonchev–Trinajstić information content (AvgIpc) is 3.13. The lowest BCUT2D eigenvalue weighted by atomic mass is 10.2. The highest BCUT2D eigenvalue weighted by Gasteiger charge is 2.16. The van der Waals surface area contributed by atoms with E-state index < -0.39 is 4.92 Å². The Balaban J connectivity index is 1.93. The van der Waals surface area contributed by atoms with Gasteiger partial charge in [0, 0.05) is 6.07 Å². The number of halogens is 2. The Kier molecular flexibility index (Phi) is 5.20. The van der Waals surface area contributed by atoms with Gasteiger partial charge in [-0.05, 0) is 29.8 Å². The molecule has 0 aliphatic heterocycles. The van der Waals surface area contributed by atoms with Crippen molar-refractivity contribution in [3.8, 4) is 17.1 Å². The number of benzene rings is 2. The van der Waals surface area contributed by atoms with Gasteiger partial charge < -0.3 is 9.26 Å². The summed E-state index contributed by atoms with van der Waals surface area (Å²) in [5.74, 6) is 0.976. The first-order valence-corrected chi connectivity index (χ1v) is 8.04. The lowest BCUT2D eigenvalue weighted by Crippen LogP contribution is -1.90. The third-order valence-corrected chi connectivity index (χ3v) is 4.03. The van der Waals surface area contributed by atoms with Crippen molar-refractivity contribution in [3.05, 3.63) is 69.1 Å². The van der Waals surface area contributed by atoms with Crippen LogP contribution in [0.25, 0.3) is 22.5 Å². The summed E-state index contributed by atoms with van der Waals surface area (Å²) in [6.07, 6.45) is 1.48. The summed E-state index contributed by atoms with van der Waals surface area (Å²) < 4.78 is 10.4. The van der Waals surface area contributed by atoms with E-state index in [1.807, 2.05) is 12.1 Å². The number of para-hydroxylation sites is 1. The molecule has 9 heteroatoms. The molecule has 0 aliphatic rings. The molecule has 0 bridgehead atoms. The number of hydrogen-bond acceptors (Lipinski definition) is 6. The molecule has 3 rings (SSSR count). The molecule has 7 nitrogen and oxygen atoms in total. The van der Waals surface area contributed by atoms with Crippen LogP contribution in [0.2, 0.25) is 5.02 Å². The van der Waals surface area contributed by atoms with Crippen molar-refractivity contribution in [2.24, 2.45) is 0 Å². The maximum Gasteiger partial charge on any atom is 0.288 e. The van der Waals surface area contributed by atoms with Gasteiger partial charge in [-0.15, -0.1) is 0 Å². The fraction of sp³-hybridized carbons (Fsp3) is 0.0588. The molecule has 0 fully saturated rings. The number of aromatic nitrogens is 2. The van der Waals surface area contributed by atoms with Gasteiger partial charge in [0.15, 0.2) is 0 Å². The van der Waals surface area contributed by atoms with E-state index in [0.717, 1.165) is 0 Å². The van der Waals surface area contributed by atoms with Crippen molar-refractivity contribution in [3.63, 3.8) is 0 Å². The largest absolute Gasteiger partial charge is 0.496 e. The van der Waals surface area contributed by atoms with E-state index in [2.05, 4.69) is 10.1 Å². The maximum absolute atomic E-state index is 11.0. The first-order valence-electron chi connectivity index (χ1n) is 7.28. The molecule has 132 valence electrons. The topological polar surface area (TPSA) is 91.3 Å². The van der Waals surface area contributed by atoms with Gasteiger partial charge in [-0.25, -0.2) is 0 Å². The Hall–Kier alpha value is -2.90. The van der Waals surface area contributed by atoms with E-state index in [0.29, 0.717) is 22.7 Å². The van der Waals surface area contributed by atoms with Gasteiger partial charge in [-0.3, -0.25) is 10.1 Å². The van der Waals surface area contributed by atoms with Crippen LogP contribution in [0.5, 0.6) is 5.75 Å². The Labute approximate surface area is 158 Å². The Morgan fingerprint density at radius 3 is 2.81 bits per heavy atom. The van der Waals surface area contributed by atoms with Crippen LogP contribution in [-0.4, -0.2) is 22.2 Å². The monoisotopic (exact) mass is 391 g/mol.